The van der Waals surface area contributed by atoms with E-state index in [0.717, 1.165) is 24.1 Å². The van der Waals surface area contributed by atoms with Crippen molar-refractivity contribution in [2.75, 3.05) is 0 Å². The van der Waals surface area contributed by atoms with Crippen molar-refractivity contribution in [3.05, 3.63) is 58.3 Å². The molecule has 2 aromatic heterocycles. The third kappa shape index (κ3) is 3.91. The van der Waals surface area contributed by atoms with Gasteiger partial charge in [-0.1, -0.05) is 43.3 Å². The van der Waals surface area contributed by atoms with Crippen molar-refractivity contribution in [2.24, 2.45) is 0 Å². The Hall–Kier alpha value is -2.41. The van der Waals surface area contributed by atoms with Gasteiger partial charge < -0.3 is 9.40 Å². The van der Waals surface area contributed by atoms with Gasteiger partial charge in [0.1, 0.15) is 0 Å². The molecule has 3 aromatic rings. The second kappa shape index (κ2) is 7.44. The monoisotopic (exact) mass is 342 g/mol. The van der Waals surface area contributed by atoms with Crippen LogP contribution in [0.5, 0.6) is 0 Å². The molecule has 0 radical (unpaired) electrons. The minimum Gasteiger partial charge on any atom is -0.419 e. The quantitative estimate of drug-likeness (QED) is 0.544. The Morgan fingerprint density at radius 2 is 2.04 bits per heavy atom. The second-order valence-corrected chi connectivity index (χ2v) is 6.69. The molecule has 0 amide bonds. The molecule has 24 heavy (non-hydrogen) atoms. The van der Waals surface area contributed by atoms with E-state index in [-0.39, 0.29) is 10.8 Å². The van der Waals surface area contributed by atoms with E-state index in [2.05, 4.69) is 27.1 Å². The van der Waals surface area contributed by atoms with E-state index in [1.165, 1.54) is 11.8 Å². The van der Waals surface area contributed by atoms with E-state index in [1.54, 1.807) is 6.07 Å². The molecule has 0 saturated heterocycles. The fourth-order valence-corrected chi connectivity index (χ4v) is 3.10. The Bertz CT molecular complexity index is 860. The molecule has 1 atom stereocenters. The van der Waals surface area contributed by atoms with Crippen molar-refractivity contribution >= 4 is 11.8 Å². The number of hydrogen-bond acceptors (Lipinski definition) is 6. The summed E-state index contributed by atoms with van der Waals surface area (Å²) in [7, 11) is 0. The van der Waals surface area contributed by atoms with Gasteiger partial charge in [0.2, 0.25) is 11.8 Å². The third-order valence-corrected chi connectivity index (χ3v) is 4.35. The van der Waals surface area contributed by atoms with Crippen LogP contribution >= 0.6 is 11.8 Å². The summed E-state index contributed by atoms with van der Waals surface area (Å²) in [5.74, 6) is 0.988. The molecule has 124 valence electrons. The fraction of sp³-hybridized carbons (Fsp3) is 0.294. The van der Waals surface area contributed by atoms with Gasteiger partial charge in [0.05, 0.1) is 5.25 Å². The molecule has 0 spiro atoms. The summed E-state index contributed by atoms with van der Waals surface area (Å²) in [4.78, 5) is 19.0. The zero-order chi connectivity index (χ0) is 16.9. The van der Waals surface area contributed by atoms with Gasteiger partial charge in [0.25, 0.3) is 5.56 Å². The van der Waals surface area contributed by atoms with E-state index in [4.69, 9.17) is 4.42 Å². The van der Waals surface area contributed by atoms with Crippen LogP contribution in [-0.4, -0.2) is 20.2 Å². The lowest BCUT2D eigenvalue weighted by atomic mass is 10.2. The van der Waals surface area contributed by atoms with Crippen LogP contribution in [0.4, 0.5) is 0 Å². The largest absolute Gasteiger partial charge is 0.419 e. The number of nitrogens with one attached hydrogen (secondary N) is 1. The van der Waals surface area contributed by atoms with Crippen LogP contribution in [0.15, 0.2) is 50.8 Å². The number of thioether (sulfide) groups is 1. The third-order valence-electron chi connectivity index (χ3n) is 3.38. The van der Waals surface area contributed by atoms with Gasteiger partial charge in [0.15, 0.2) is 5.16 Å². The molecule has 0 bridgehead atoms. The summed E-state index contributed by atoms with van der Waals surface area (Å²) >= 11 is 1.40. The first-order chi connectivity index (χ1) is 11.7. The van der Waals surface area contributed by atoms with Crippen LogP contribution in [0.2, 0.25) is 0 Å². The number of aromatic nitrogens is 4. The Labute approximate surface area is 143 Å². The maximum Gasteiger partial charge on any atom is 0.251 e. The topological polar surface area (TPSA) is 84.7 Å². The van der Waals surface area contributed by atoms with Crippen LogP contribution in [0.3, 0.4) is 0 Å². The molecule has 0 saturated carbocycles. The molecular weight excluding hydrogens is 324 g/mol. The van der Waals surface area contributed by atoms with E-state index in [1.807, 2.05) is 37.3 Å². The lowest BCUT2D eigenvalue weighted by Gasteiger charge is -2.07. The lowest BCUT2D eigenvalue weighted by molar-refractivity contribution is 0.509. The molecule has 0 unspecified atom stereocenters. The standard InChI is InChI=1S/C17H18N4O2S/c1-3-7-13-10-14(22)19-17(18-13)24-11(2)15-20-21-16(23-15)12-8-5-4-6-9-12/h4-6,8-11H,3,7H2,1-2H3,(H,18,19,22)/t11-/m0/s1. The number of aryl methyl sites for hydroxylation is 1. The van der Waals surface area contributed by atoms with Crippen molar-refractivity contribution in [3.63, 3.8) is 0 Å². The smallest absolute Gasteiger partial charge is 0.251 e. The summed E-state index contributed by atoms with van der Waals surface area (Å²) in [5, 5.41) is 8.66. The number of H-pyrrole nitrogens is 1. The van der Waals surface area contributed by atoms with Gasteiger partial charge in [0, 0.05) is 17.3 Å². The van der Waals surface area contributed by atoms with E-state index in [9.17, 15) is 4.79 Å². The van der Waals surface area contributed by atoms with Gasteiger partial charge >= 0.3 is 0 Å². The van der Waals surface area contributed by atoms with Crippen molar-refractivity contribution in [1.29, 1.82) is 0 Å². The minimum atomic E-state index is -0.140. The number of hydrogen-bond donors (Lipinski definition) is 1. The summed E-state index contributed by atoms with van der Waals surface area (Å²) < 4.78 is 5.75. The molecular formula is C17H18N4O2S. The molecule has 0 aliphatic heterocycles. The van der Waals surface area contributed by atoms with Crippen LogP contribution in [-0.2, 0) is 6.42 Å². The predicted octanol–water partition coefficient (Wildman–Crippen LogP) is 3.63. The molecule has 0 fully saturated rings. The van der Waals surface area contributed by atoms with Crippen LogP contribution in [0, 0.1) is 0 Å². The molecule has 6 nitrogen and oxygen atoms in total. The SMILES string of the molecule is CCCc1cc(=O)[nH]c(S[C@@H](C)c2nnc(-c3ccccc3)o2)n1. The normalized spacial score (nSPS) is 12.2. The van der Waals surface area contributed by atoms with Gasteiger partial charge in [-0.15, -0.1) is 10.2 Å². The van der Waals surface area contributed by atoms with Crippen molar-refractivity contribution in [2.45, 2.75) is 37.1 Å². The number of nitrogens with zero attached hydrogens (tertiary/aromatic N) is 3. The molecule has 2 heterocycles. The van der Waals surface area contributed by atoms with Crippen LogP contribution in [0.1, 0.15) is 37.1 Å². The van der Waals surface area contributed by atoms with Gasteiger partial charge in [-0.25, -0.2) is 4.98 Å². The number of rotatable bonds is 6. The lowest BCUT2D eigenvalue weighted by Crippen LogP contribution is -2.10. The number of aromatic amines is 1. The molecule has 1 N–H and O–H groups in total. The minimum absolute atomic E-state index is 0.116. The highest BCUT2D eigenvalue weighted by atomic mass is 32.2. The zero-order valence-electron chi connectivity index (χ0n) is 13.5. The zero-order valence-corrected chi connectivity index (χ0v) is 14.3. The fourth-order valence-electron chi connectivity index (χ4n) is 2.24. The first kappa shape index (κ1) is 16.4. The van der Waals surface area contributed by atoms with Gasteiger partial charge in [-0.3, -0.25) is 4.79 Å². The Morgan fingerprint density at radius 3 is 2.79 bits per heavy atom. The number of benzene rings is 1. The highest BCUT2D eigenvalue weighted by Crippen LogP contribution is 2.32. The molecule has 7 heteroatoms. The highest BCUT2D eigenvalue weighted by Gasteiger charge is 2.17. The maximum atomic E-state index is 11.7. The van der Waals surface area contributed by atoms with Gasteiger partial charge in [-0.2, -0.15) is 0 Å². The Balaban J connectivity index is 1.77. The highest BCUT2D eigenvalue weighted by molar-refractivity contribution is 7.99. The first-order valence-corrected chi connectivity index (χ1v) is 8.69. The van der Waals surface area contributed by atoms with Crippen molar-refractivity contribution < 1.29 is 4.42 Å². The summed E-state index contributed by atoms with van der Waals surface area (Å²) in [6.45, 7) is 4.00. The van der Waals surface area contributed by atoms with E-state index in [0.29, 0.717) is 16.9 Å². The molecule has 1 aromatic carbocycles. The van der Waals surface area contributed by atoms with Crippen molar-refractivity contribution in [1.82, 2.24) is 20.2 Å². The van der Waals surface area contributed by atoms with Crippen molar-refractivity contribution in [3.8, 4) is 11.5 Å². The summed E-state index contributed by atoms with van der Waals surface area (Å²) in [6.07, 6.45) is 1.73. The van der Waals surface area contributed by atoms with E-state index < -0.39 is 0 Å². The van der Waals surface area contributed by atoms with E-state index >= 15 is 0 Å². The molecule has 0 aliphatic carbocycles. The Morgan fingerprint density at radius 1 is 1.25 bits per heavy atom. The molecule has 3 rings (SSSR count). The van der Waals surface area contributed by atoms with Crippen LogP contribution < -0.4 is 5.56 Å². The summed E-state index contributed by atoms with van der Waals surface area (Å²) in [5.41, 5.74) is 1.54. The predicted molar refractivity (Wildman–Crippen MR) is 92.9 cm³/mol. The Kier molecular flexibility index (Phi) is 5.10. The average molecular weight is 342 g/mol. The maximum absolute atomic E-state index is 11.7. The van der Waals surface area contributed by atoms with Gasteiger partial charge in [-0.05, 0) is 25.5 Å². The van der Waals surface area contributed by atoms with Crippen LogP contribution in [0.25, 0.3) is 11.5 Å². The first-order valence-electron chi connectivity index (χ1n) is 7.81. The second-order valence-electron chi connectivity index (χ2n) is 5.36. The summed E-state index contributed by atoms with van der Waals surface area (Å²) in [6, 6.07) is 11.2. The average Bonchev–Trinajstić information content (AvgIpc) is 3.05. The molecule has 0 aliphatic rings.